The number of aryl methyl sites for hydroxylation is 2. The molecule has 0 aliphatic heterocycles. The summed E-state index contributed by atoms with van der Waals surface area (Å²) in [6, 6.07) is 12.0. The maximum atomic E-state index is 14.2. The number of hydrogen-bond donors (Lipinski definition) is 2. The van der Waals surface area contributed by atoms with Crippen molar-refractivity contribution in [3.63, 3.8) is 0 Å². The van der Waals surface area contributed by atoms with E-state index >= 15 is 0 Å². The molecule has 0 unspecified atom stereocenters. The number of aromatic nitrogens is 2. The second-order valence-corrected chi connectivity index (χ2v) is 7.92. The number of nitrogens with two attached hydrogens (primary N) is 1. The molecule has 2 heterocycles. The maximum Gasteiger partial charge on any atom is 0.255 e. The van der Waals surface area contributed by atoms with E-state index in [-0.39, 0.29) is 17.4 Å². The minimum atomic E-state index is -0.647. The molecule has 0 aliphatic carbocycles. The summed E-state index contributed by atoms with van der Waals surface area (Å²) in [4.78, 5) is 16.1. The number of carbonyl (C=O) groups is 1. The molecule has 4 aromatic rings. The molecule has 1 amide bonds. The van der Waals surface area contributed by atoms with E-state index in [2.05, 4.69) is 5.32 Å². The molecule has 33 heavy (non-hydrogen) atoms. The number of nitrogens with zero attached hydrogens (tertiary/aromatic N) is 2. The number of amides is 1. The van der Waals surface area contributed by atoms with Crippen LogP contribution in [0.1, 0.15) is 11.1 Å². The molecule has 7 nitrogen and oxygen atoms in total. The summed E-state index contributed by atoms with van der Waals surface area (Å²) in [5, 5.41) is 3.68. The Morgan fingerprint density at radius 2 is 1.94 bits per heavy atom. The van der Waals surface area contributed by atoms with E-state index in [4.69, 9.17) is 31.8 Å². The minimum Gasteiger partial charge on any atom is -0.497 e. The van der Waals surface area contributed by atoms with Crippen LogP contribution in [0.3, 0.4) is 0 Å². The first-order chi connectivity index (χ1) is 15.8. The summed E-state index contributed by atoms with van der Waals surface area (Å²) in [5.74, 6) is 0.0969. The van der Waals surface area contributed by atoms with E-state index in [1.165, 1.54) is 19.4 Å². The van der Waals surface area contributed by atoms with Gasteiger partial charge in [-0.25, -0.2) is 9.37 Å². The van der Waals surface area contributed by atoms with Crippen LogP contribution in [-0.4, -0.2) is 29.0 Å². The summed E-state index contributed by atoms with van der Waals surface area (Å²) < 4.78 is 26.8. The smallest absolute Gasteiger partial charge is 0.255 e. The Morgan fingerprint density at radius 3 is 2.61 bits per heavy atom. The number of hydrogen-bond acceptors (Lipinski definition) is 5. The molecule has 9 heteroatoms. The van der Waals surface area contributed by atoms with E-state index in [1.807, 2.05) is 32.0 Å². The van der Waals surface area contributed by atoms with Gasteiger partial charge in [-0.2, -0.15) is 0 Å². The Bertz CT molecular complexity index is 1350. The van der Waals surface area contributed by atoms with Crippen molar-refractivity contribution in [3.8, 4) is 22.8 Å². The zero-order valence-electron chi connectivity index (χ0n) is 18.3. The quantitative estimate of drug-likeness (QED) is 0.397. The highest BCUT2D eigenvalue weighted by molar-refractivity contribution is 6.34. The number of rotatable bonds is 7. The van der Waals surface area contributed by atoms with E-state index < -0.39 is 11.7 Å². The van der Waals surface area contributed by atoms with Crippen molar-refractivity contribution >= 4 is 34.7 Å². The molecule has 0 saturated heterocycles. The molecule has 0 aliphatic rings. The first-order valence-corrected chi connectivity index (χ1v) is 10.5. The number of methoxy groups -OCH3 is 1. The first kappa shape index (κ1) is 22.4. The normalized spacial score (nSPS) is 10.9. The van der Waals surface area contributed by atoms with Crippen LogP contribution < -0.4 is 20.5 Å². The van der Waals surface area contributed by atoms with Gasteiger partial charge in [0.05, 0.1) is 17.7 Å². The monoisotopic (exact) mass is 468 g/mol. The van der Waals surface area contributed by atoms with Gasteiger partial charge < -0.3 is 20.5 Å². The number of para-hydroxylation sites is 1. The van der Waals surface area contributed by atoms with Gasteiger partial charge >= 0.3 is 0 Å². The predicted molar refractivity (Wildman–Crippen MR) is 126 cm³/mol. The van der Waals surface area contributed by atoms with Crippen LogP contribution in [0.25, 0.3) is 16.9 Å². The fourth-order valence-corrected chi connectivity index (χ4v) is 3.90. The molecule has 170 valence electrons. The Labute approximate surface area is 194 Å². The number of imidazole rings is 1. The van der Waals surface area contributed by atoms with Gasteiger partial charge in [0, 0.05) is 18.0 Å². The molecule has 2 aromatic heterocycles. The third-order valence-corrected chi connectivity index (χ3v) is 5.48. The lowest BCUT2D eigenvalue weighted by molar-refractivity contribution is -0.119. The van der Waals surface area contributed by atoms with Gasteiger partial charge in [-0.15, -0.1) is 0 Å². The van der Waals surface area contributed by atoms with Gasteiger partial charge in [0.1, 0.15) is 34.5 Å². The van der Waals surface area contributed by atoms with Crippen molar-refractivity contribution in [2.75, 3.05) is 19.0 Å². The van der Waals surface area contributed by atoms with Gasteiger partial charge in [-0.1, -0.05) is 29.8 Å². The van der Waals surface area contributed by atoms with E-state index in [9.17, 15) is 9.18 Å². The van der Waals surface area contributed by atoms with Crippen LogP contribution in [0, 0.1) is 19.7 Å². The third-order valence-electron chi connectivity index (χ3n) is 5.18. The zero-order chi connectivity index (χ0) is 23.7. The van der Waals surface area contributed by atoms with Crippen LogP contribution >= 0.6 is 11.6 Å². The zero-order valence-corrected chi connectivity index (χ0v) is 19.0. The number of halogens is 2. The lowest BCUT2D eigenvalue weighted by atomic mass is 10.1. The molecule has 0 atom stereocenters. The predicted octanol–water partition coefficient (Wildman–Crippen LogP) is 5.03. The Kier molecular flexibility index (Phi) is 6.11. The largest absolute Gasteiger partial charge is 0.497 e. The van der Waals surface area contributed by atoms with Crippen LogP contribution in [0.5, 0.6) is 11.5 Å². The number of pyridine rings is 1. The van der Waals surface area contributed by atoms with Crippen LogP contribution in [0.15, 0.2) is 48.7 Å². The molecule has 2 aromatic carbocycles. The van der Waals surface area contributed by atoms with Gasteiger partial charge in [0.2, 0.25) is 0 Å². The molecule has 0 bridgehead atoms. The fraction of sp³-hybridized carbons (Fsp3) is 0.167. The van der Waals surface area contributed by atoms with E-state index in [0.29, 0.717) is 28.5 Å². The number of primary amides is 1. The number of nitrogens with one attached hydrogen (secondary N) is 1. The third kappa shape index (κ3) is 4.42. The summed E-state index contributed by atoms with van der Waals surface area (Å²) >= 11 is 6.63. The molecule has 0 saturated carbocycles. The summed E-state index contributed by atoms with van der Waals surface area (Å²) in [6.07, 6.45) is 1.34. The average Bonchev–Trinajstić information content (AvgIpc) is 3.11. The SMILES string of the molecule is COc1cc(Cl)c(-c2nc3ccc(F)cn3c2Nc2c(C)cccc2C)c(OCC(N)=O)c1. The van der Waals surface area contributed by atoms with E-state index in [1.54, 1.807) is 22.6 Å². The Hall–Kier alpha value is -3.78. The number of fused-ring (bicyclic) bond motifs is 1. The highest BCUT2D eigenvalue weighted by atomic mass is 35.5. The fourth-order valence-electron chi connectivity index (χ4n) is 3.61. The van der Waals surface area contributed by atoms with Crippen molar-refractivity contribution in [1.82, 2.24) is 9.38 Å². The van der Waals surface area contributed by atoms with Crippen molar-refractivity contribution in [2.24, 2.45) is 5.73 Å². The van der Waals surface area contributed by atoms with Gasteiger partial charge in [0.15, 0.2) is 6.61 Å². The lowest BCUT2D eigenvalue weighted by Crippen LogP contribution is -2.20. The molecule has 4 rings (SSSR count). The molecule has 0 radical (unpaired) electrons. The molecule has 0 fully saturated rings. The molecular weight excluding hydrogens is 447 g/mol. The van der Waals surface area contributed by atoms with Crippen LogP contribution in [0.4, 0.5) is 15.9 Å². The summed E-state index contributed by atoms with van der Waals surface area (Å²) in [6.45, 7) is 3.58. The number of benzene rings is 2. The summed E-state index contributed by atoms with van der Waals surface area (Å²) in [7, 11) is 1.49. The lowest BCUT2D eigenvalue weighted by Gasteiger charge is -2.17. The van der Waals surface area contributed by atoms with Crippen molar-refractivity contribution in [3.05, 3.63) is 70.6 Å². The Balaban J connectivity index is 1.98. The molecular formula is C24H22ClFN4O3. The van der Waals surface area contributed by atoms with Crippen molar-refractivity contribution in [2.45, 2.75) is 13.8 Å². The van der Waals surface area contributed by atoms with Gasteiger partial charge in [-0.3, -0.25) is 9.20 Å². The topological polar surface area (TPSA) is 90.9 Å². The number of ether oxygens (including phenoxy) is 2. The number of carbonyl (C=O) groups excluding carboxylic acids is 1. The second-order valence-electron chi connectivity index (χ2n) is 7.51. The Morgan fingerprint density at radius 1 is 1.21 bits per heavy atom. The maximum absolute atomic E-state index is 14.2. The van der Waals surface area contributed by atoms with Crippen molar-refractivity contribution in [1.29, 1.82) is 0 Å². The second kappa shape index (κ2) is 8.99. The van der Waals surface area contributed by atoms with Crippen molar-refractivity contribution < 1.29 is 18.7 Å². The highest BCUT2D eigenvalue weighted by Crippen LogP contribution is 2.44. The highest BCUT2D eigenvalue weighted by Gasteiger charge is 2.23. The van der Waals surface area contributed by atoms with Crippen LogP contribution in [0.2, 0.25) is 5.02 Å². The summed E-state index contributed by atoms with van der Waals surface area (Å²) in [5.41, 5.74) is 9.45. The number of anilines is 2. The molecule has 3 N–H and O–H groups in total. The molecule has 0 spiro atoms. The van der Waals surface area contributed by atoms with Crippen LogP contribution in [-0.2, 0) is 4.79 Å². The van der Waals surface area contributed by atoms with E-state index in [0.717, 1.165) is 16.8 Å². The standard InChI is InChI=1S/C24H22ClFN4O3/c1-13-5-4-6-14(2)22(13)29-24-23(28-20-8-7-15(26)11-30(20)24)21-17(25)9-16(32-3)10-18(21)33-12-19(27)31/h4-11,29H,12H2,1-3H3,(H2,27,31). The van der Waals surface area contributed by atoms with Gasteiger partial charge in [-0.05, 0) is 43.2 Å². The first-order valence-electron chi connectivity index (χ1n) is 10.1. The van der Waals surface area contributed by atoms with Gasteiger partial charge in [0.25, 0.3) is 5.91 Å². The average molecular weight is 469 g/mol. The minimum absolute atomic E-state index is 0.256.